The lowest BCUT2D eigenvalue weighted by molar-refractivity contribution is -0.274. The van der Waals surface area contributed by atoms with Gasteiger partial charge in [0.1, 0.15) is 18.1 Å². The highest BCUT2D eigenvalue weighted by atomic mass is 19.4. The van der Waals surface area contributed by atoms with Crippen LogP contribution >= 0.6 is 0 Å². The van der Waals surface area contributed by atoms with Gasteiger partial charge in [0.2, 0.25) is 0 Å². The van der Waals surface area contributed by atoms with Crippen molar-refractivity contribution in [3.63, 3.8) is 0 Å². The first kappa shape index (κ1) is 17.8. The number of halogens is 3. The third kappa shape index (κ3) is 4.16. The molecule has 3 rings (SSSR count). The van der Waals surface area contributed by atoms with E-state index >= 15 is 0 Å². The molecular weight excluding hydrogens is 355 g/mol. The van der Waals surface area contributed by atoms with E-state index in [0.29, 0.717) is 12.8 Å². The van der Waals surface area contributed by atoms with Gasteiger partial charge in [-0.2, -0.15) is 0 Å². The van der Waals surface area contributed by atoms with Crippen LogP contribution in [0.15, 0.2) is 40.8 Å². The lowest BCUT2D eigenvalue weighted by Gasteiger charge is -2.18. The monoisotopic (exact) mass is 369 g/mol. The molecule has 1 N–H and O–H groups in total. The summed E-state index contributed by atoms with van der Waals surface area (Å²) in [5.41, 5.74) is 0.0279. The molecule has 26 heavy (non-hydrogen) atoms. The van der Waals surface area contributed by atoms with Crippen LogP contribution in [-0.4, -0.2) is 40.8 Å². The Morgan fingerprint density at radius 1 is 1.19 bits per heavy atom. The molecule has 6 nitrogen and oxygen atoms in total. The van der Waals surface area contributed by atoms with Crippen LogP contribution in [0.3, 0.4) is 0 Å². The molecule has 9 heteroatoms. The van der Waals surface area contributed by atoms with E-state index in [1.54, 1.807) is 0 Å². The first-order valence-electron chi connectivity index (χ1n) is 7.72. The number of para-hydroxylation sites is 1. The number of amides is 1. The number of carboxylic acid groups (broad SMARTS) is 1. The van der Waals surface area contributed by atoms with Gasteiger partial charge in [0.15, 0.2) is 5.76 Å². The van der Waals surface area contributed by atoms with Gasteiger partial charge in [0.05, 0.1) is 5.56 Å². The summed E-state index contributed by atoms with van der Waals surface area (Å²) in [5.74, 6) is -2.36. The Kier molecular flexibility index (Phi) is 4.62. The van der Waals surface area contributed by atoms with Crippen LogP contribution in [0.1, 0.15) is 23.4 Å². The molecule has 1 amide bonds. The van der Waals surface area contributed by atoms with Crippen molar-refractivity contribution in [1.29, 1.82) is 0 Å². The summed E-state index contributed by atoms with van der Waals surface area (Å²) in [6, 6.07) is 7.87. The number of benzene rings is 1. The number of carboxylic acids is 1. The van der Waals surface area contributed by atoms with Gasteiger partial charge in [-0.05, 0) is 37.1 Å². The number of aliphatic carboxylic acids is 1. The van der Waals surface area contributed by atoms with Gasteiger partial charge in [-0.3, -0.25) is 9.59 Å². The van der Waals surface area contributed by atoms with Gasteiger partial charge in [0.25, 0.3) is 5.91 Å². The standard InChI is InChI=1S/C17H14F3NO5/c18-17(19,20)26-13-4-2-1-3-11(13)12-7-8-14(25-12)16(24)21(9-15(22)23)10-5-6-10/h1-4,7-8,10H,5-6,9H2,(H,22,23). The van der Waals surface area contributed by atoms with Crippen molar-refractivity contribution in [2.75, 3.05) is 6.54 Å². The van der Waals surface area contributed by atoms with Crippen molar-refractivity contribution in [2.45, 2.75) is 25.2 Å². The molecule has 0 saturated heterocycles. The summed E-state index contributed by atoms with van der Waals surface area (Å²) in [7, 11) is 0. The van der Waals surface area contributed by atoms with Gasteiger partial charge >= 0.3 is 12.3 Å². The number of furan rings is 1. The van der Waals surface area contributed by atoms with Gasteiger partial charge in [-0.25, -0.2) is 0 Å². The van der Waals surface area contributed by atoms with Gasteiger partial charge in [-0.1, -0.05) is 12.1 Å². The molecule has 0 radical (unpaired) electrons. The second-order valence-electron chi connectivity index (χ2n) is 5.77. The fourth-order valence-corrected chi connectivity index (χ4v) is 2.52. The number of carbonyl (C=O) groups excluding carboxylic acids is 1. The second kappa shape index (κ2) is 6.74. The Balaban J connectivity index is 1.86. The van der Waals surface area contributed by atoms with Crippen LogP contribution in [0.2, 0.25) is 0 Å². The fourth-order valence-electron chi connectivity index (χ4n) is 2.52. The number of rotatable bonds is 6. The lowest BCUT2D eigenvalue weighted by atomic mass is 10.1. The molecule has 2 aromatic rings. The van der Waals surface area contributed by atoms with Crippen molar-refractivity contribution in [2.24, 2.45) is 0 Å². The Bertz CT molecular complexity index is 826. The summed E-state index contributed by atoms with van der Waals surface area (Å²) in [5, 5.41) is 8.94. The molecule has 0 spiro atoms. The molecule has 1 aromatic heterocycles. The topological polar surface area (TPSA) is 80.0 Å². The number of hydrogen-bond acceptors (Lipinski definition) is 4. The Hall–Kier alpha value is -2.97. The van der Waals surface area contributed by atoms with Crippen LogP contribution in [0.4, 0.5) is 13.2 Å². The first-order chi connectivity index (χ1) is 12.2. The van der Waals surface area contributed by atoms with E-state index in [-0.39, 0.29) is 23.1 Å². The Morgan fingerprint density at radius 2 is 1.88 bits per heavy atom. The molecule has 1 aliphatic carbocycles. The average Bonchev–Trinajstić information content (AvgIpc) is 3.27. The van der Waals surface area contributed by atoms with E-state index in [2.05, 4.69) is 4.74 Å². The first-order valence-corrected chi connectivity index (χ1v) is 7.72. The highest BCUT2D eigenvalue weighted by Crippen LogP contribution is 2.35. The maximum Gasteiger partial charge on any atom is 0.573 e. The van der Waals surface area contributed by atoms with E-state index in [0.717, 1.165) is 6.07 Å². The summed E-state index contributed by atoms with van der Waals surface area (Å²) in [4.78, 5) is 24.6. The lowest BCUT2D eigenvalue weighted by Crippen LogP contribution is -2.37. The van der Waals surface area contributed by atoms with Crippen molar-refractivity contribution >= 4 is 11.9 Å². The summed E-state index contributed by atoms with van der Waals surface area (Å²) in [6.07, 6.45) is -3.46. The summed E-state index contributed by atoms with van der Waals surface area (Å²) >= 11 is 0. The number of nitrogens with zero attached hydrogens (tertiary/aromatic N) is 1. The molecule has 1 aliphatic rings. The van der Waals surface area contributed by atoms with Gasteiger partial charge in [0, 0.05) is 6.04 Å². The van der Waals surface area contributed by atoms with E-state index in [4.69, 9.17) is 9.52 Å². The minimum Gasteiger partial charge on any atom is -0.480 e. The molecule has 0 aliphatic heterocycles. The quantitative estimate of drug-likeness (QED) is 0.843. The van der Waals surface area contributed by atoms with Crippen LogP contribution in [0, 0.1) is 0 Å². The van der Waals surface area contributed by atoms with Crippen LogP contribution in [0.25, 0.3) is 11.3 Å². The van der Waals surface area contributed by atoms with Crippen LogP contribution < -0.4 is 4.74 Å². The van der Waals surface area contributed by atoms with E-state index in [1.807, 2.05) is 0 Å². The predicted octanol–water partition coefficient (Wildman–Crippen LogP) is 3.53. The third-order valence-corrected chi connectivity index (χ3v) is 3.75. The molecule has 1 heterocycles. The van der Waals surface area contributed by atoms with Crippen LogP contribution in [-0.2, 0) is 4.79 Å². The molecular formula is C17H14F3NO5. The zero-order valence-electron chi connectivity index (χ0n) is 13.3. The van der Waals surface area contributed by atoms with Gasteiger partial charge < -0.3 is 19.2 Å². The maximum absolute atomic E-state index is 12.5. The maximum atomic E-state index is 12.5. The molecule has 0 unspecified atom stereocenters. The van der Waals surface area contributed by atoms with E-state index < -0.39 is 30.5 Å². The molecule has 0 atom stereocenters. The zero-order valence-corrected chi connectivity index (χ0v) is 13.3. The number of ether oxygens (including phenoxy) is 1. The SMILES string of the molecule is O=C(O)CN(C(=O)c1ccc(-c2ccccc2OC(F)(F)F)o1)C1CC1. The minimum atomic E-state index is -4.87. The highest BCUT2D eigenvalue weighted by Gasteiger charge is 2.36. The van der Waals surface area contributed by atoms with E-state index in [1.165, 1.54) is 35.2 Å². The number of hydrogen-bond donors (Lipinski definition) is 1. The highest BCUT2D eigenvalue weighted by molar-refractivity contribution is 5.94. The van der Waals surface area contributed by atoms with Crippen LogP contribution in [0.5, 0.6) is 5.75 Å². The van der Waals surface area contributed by atoms with Crippen molar-refractivity contribution in [1.82, 2.24) is 4.90 Å². The van der Waals surface area contributed by atoms with Crippen molar-refractivity contribution in [3.8, 4) is 17.1 Å². The molecule has 0 bridgehead atoms. The van der Waals surface area contributed by atoms with Crippen molar-refractivity contribution in [3.05, 3.63) is 42.2 Å². The van der Waals surface area contributed by atoms with E-state index in [9.17, 15) is 22.8 Å². The summed E-state index contributed by atoms with van der Waals surface area (Å²) < 4.78 is 46.9. The zero-order chi connectivity index (χ0) is 18.9. The molecule has 138 valence electrons. The smallest absolute Gasteiger partial charge is 0.480 e. The normalized spacial score (nSPS) is 14.1. The molecule has 1 aromatic carbocycles. The minimum absolute atomic E-state index is 0.0132. The fraction of sp³-hybridized carbons (Fsp3) is 0.294. The number of alkyl halides is 3. The van der Waals surface area contributed by atoms with Crippen molar-refractivity contribution < 1.29 is 37.0 Å². The number of carbonyl (C=O) groups is 2. The predicted molar refractivity (Wildman–Crippen MR) is 82.5 cm³/mol. The van der Waals surface area contributed by atoms with Gasteiger partial charge in [-0.15, -0.1) is 13.2 Å². The summed E-state index contributed by atoms with van der Waals surface area (Å²) in [6.45, 7) is -0.465. The largest absolute Gasteiger partial charge is 0.573 e. The third-order valence-electron chi connectivity index (χ3n) is 3.75. The average molecular weight is 369 g/mol. The molecule has 1 saturated carbocycles. The Labute approximate surface area is 145 Å². The Morgan fingerprint density at radius 3 is 2.50 bits per heavy atom. The molecule has 1 fully saturated rings. The second-order valence-corrected chi connectivity index (χ2v) is 5.77.